The zero-order chi connectivity index (χ0) is 13.4. The van der Waals surface area contributed by atoms with E-state index in [0.29, 0.717) is 18.7 Å². The van der Waals surface area contributed by atoms with Crippen LogP contribution in [0, 0.1) is 0 Å². The smallest absolute Gasteiger partial charge is 0.251 e. The summed E-state index contributed by atoms with van der Waals surface area (Å²) in [6, 6.07) is 7.60. The van der Waals surface area contributed by atoms with Gasteiger partial charge in [-0.3, -0.25) is 9.59 Å². The number of aryl methyl sites for hydroxylation is 1. The highest BCUT2D eigenvalue weighted by Crippen LogP contribution is 2.04. The molecule has 98 valence electrons. The lowest BCUT2D eigenvalue weighted by Gasteiger charge is -2.06. The van der Waals surface area contributed by atoms with E-state index >= 15 is 0 Å². The molecule has 0 aromatic heterocycles. The van der Waals surface area contributed by atoms with Crippen molar-refractivity contribution in [2.24, 2.45) is 0 Å². The molecule has 18 heavy (non-hydrogen) atoms. The van der Waals surface area contributed by atoms with Gasteiger partial charge in [0, 0.05) is 25.6 Å². The van der Waals surface area contributed by atoms with Crippen LogP contribution >= 0.6 is 0 Å². The lowest BCUT2D eigenvalue weighted by Crippen LogP contribution is -2.28. The molecule has 0 heterocycles. The summed E-state index contributed by atoms with van der Waals surface area (Å²) in [4.78, 5) is 22.4. The zero-order valence-corrected chi connectivity index (χ0v) is 11.0. The van der Waals surface area contributed by atoms with Crippen molar-refractivity contribution >= 4 is 11.8 Å². The maximum absolute atomic E-state index is 11.7. The average molecular weight is 248 g/mol. The van der Waals surface area contributed by atoms with Crippen LogP contribution < -0.4 is 10.6 Å². The Labute approximate surface area is 108 Å². The summed E-state index contributed by atoms with van der Waals surface area (Å²) in [5.74, 6) is -0.114. The first-order chi connectivity index (χ1) is 8.63. The van der Waals surface area contributed by atoms with Crippen LogP contribution in [0.5, 0.6) is 0 Å². The fourth-order valence-corrected chi connectivity index (χ4v) is 1.55. The minimum atomic E-state index is -0.0690. The van der Waals surface area contributed by atoms with Crippen molar-refractivity contribution in [1.82, 2.24) is 10.6 Å². The number of benzene rings is 1. The van der Waals surface area contributed by atoms with Crippen LogP contribution in [0.4, 0.5) is 0 Å². The Balaban J connectivity index is 2.29. The summed E-state index contributed by atoms with van der Waals surface area (Å²) in [6.07, 6.45) is 1.71. The molecular weight excluding hydrogens is 228 g/mol. The molecule has 0 radical (unpaired) electrons. The summed E-state index contributed by atoms with van der Waals surface area (Å²) in [5.41, 5.74) is 1.89. The molecule has 2 amide bonds. The summed E-state index contributed by atoms with van der Waals surface area (Å²) in [5, 5.41) is 5.50. The van der Waals surface area contributed by atoms with Gasteiger partial charge in [0.25, 0.3) is 5.91 Å². The van der Waals surface area contributed by atoms with E-state index < -0.39 is 0 Å². The molecule has 0 bridgehead atoms. The average Bonchev–Trinajstić information content (AvgIpc) is 2.38. The maximum Gasteiger partial charge on any atom is 0.251 e. The molecule has 1 aromatic carbocycles. The van der Waals surface area contributed by atoms with Crippen molar-refractivity contribution in [3.63, 3.8) is 0 Å². The second kappa shape index (κ2) is 7.48. The fourth-order valence-electron chi connectivity index (χ4n) is 1.55. The van der Waals surface area contributed by atoms with Gasteiger partial charge >= 0.3 is 0 Å². The predicted molar refractivity (Wildman–Crippen MR) is 71.5 cm³/mol. The van der Waals surface area contributed by atoms with Gasteiger partial charge in [0.2, 0.25) is 5.91 Å². The van der Waals surface area contributed by atoms with Crippen LogP contribution in [0.2, 0.25) is 0 Å². The highest BCUT2D eigenvalue weighted by molar-refractivity contribution is 5.94. The van der Waals surface area contributed by atoms with E-state index in [1.54, 1.807) is 0 Å². The molecular formula is C14H20N2O2. The lowest BCUT2D eigenvalue weighted by atomic mass is 10.1. The van der Waals surface area contributed by atoms with Crippen molar-refractivity contribution in [1.29, 1.82) is 0 Å². The lowest BCUT2D eigenvalue weighted by molar-refractivity contribution is -0.118. The van der Waals surface area contributed by atoms with E-state index in [1.165, 1.54) is 12.5 Å². The van der Waals surface area contributed by atoms with E-state index in [1.807, 2.05) is 24.3 Å². The largest absolute Gasteiger partial charge is 0.356 e. The van der Waals surface area contributed by atoms with Gasteiger partial charge in [-0.05, 0) is 30.5 Å². The maximum atomic E-state index is 11.7. The van der Waals surface area contributed by atoms with E-state index in [-0.39, 0.29) is 11.8 Å². The van der Waals surface area contributed by atoms with E-state index in [9.17, 15) is 9.59 Å². The van der Waals surface area contributed by atoms with Crippen molar-refractivity contribution in [3.8, 4) is 0 Å². The van der Waals surface area contributed by atoms with Gasteiger partial charge in [0.1, 0.15) is 0 Å². The van der Waals surface area contributed by atoms with Crippen LogP contribution in [0.15, 0.2) is 24.3 Å². The normalized spacial score (nSPS) is 9.89. The number of hydrogen-bond donors (Lipinski definition) is 2. The van der Waals surface area contributed by atoms with E-state index in [0.717, 1.165) is 12.8 Å². The molecule has 0 fully saturated rings. The number of rotatable bonds is 6. The molecule has 0 aliphatic carbocycles. The minimum Gasteiger partial charge on any atom is -0.356 e. The Morgan fingerprint density at radius 1 is 1.06 bits per heavy atom. The number of hydrogen-bond acceptors (Lipinski definition) is 2. The molecule has 0 saturated heterocycles. The first-order valence-corrected chi connectivity index (χ1v) is 6.25. The number of amides is 2. The third-order valence-electron chi connectivity index (χ3n) is 2.64. The predicted octanol–water partition coefficient (Wildman–Crippen LogP) is 1.50. The van der Waals surface area contributed by atoms with Crippen LogP contribution in [-0.4, -0.2) is 24.9 Å². The minimum absolute atomic E-state index is 0.0449. The quantitative estimate of drug-likeness (QED) is 0.750. The van der Waals surface area contributed by atoms with Crippen LogP contribution in [0.1, 0.15) is 36.2 Å². The monoisotopic (exact) mass is 248 g/mol. The molecule has 0 unspecified atom stereocenters. The molecule has 1 aromatic rings. The van der Waals surface area contributed by atoms with Gasteiger partial charge in [-0.1, -0.05) is 19.1 Å². The number of carbonyl (C=O) groups is 2. The Morgan fingerprint density at radius 3 is 2.22 bits per heavy atom. The van der Waals surface area contributed by atoms with E-state index in [4.69, 9.17) is 0 Å². The Kier molecular flexibility index (Phi) is 5.91. The molecule has 1 rings (SSSR count). The SMILES string of the molecule is CCc1ccc(C(=O)NCCCNC(C)=O)cc1. The molecule has 0 saturated carbocycles. The van der Waals surface area contributed by atoms with Gasteiger partial charge in [-0.2, -0.15) is 0 Å². The fraction of sp³-hybridized carbons (Fsp3) is 0.429. The van der Waals surface area contributed by atoms with Crippen molar-refractivity contribution in [3.05, 3.63) is 35.4 Å². The number of carbonyl (C=O) groups excluding carboxylic acids is 2. The Bertz CT molecular complexity index is 399. The summed E-state index contributed by atoms with van der Waals surface area (Å²) < 4.78 is 0. The molecule has 0 spiro atoms. The Morgan fingerprint density at radius 2 is 1.67 bits per heavy atom. The number of nitrogens with one attached hydrogen (secondary N) is 2. The molecule has 0 aliphatic rings. The molecule has 0 atom stereocenters. The van der Waals surface area contributed by atoms with Gasteiger partial charge in [0.15, 0.2) is 0 Å². The second-order valence-electron chi connectivity index (χ2n) is 4.14. The first-order valence-electron chi connectivity index (χ1n) is 6.25. The van der Waals surface area contributed by atoms with Gasteiger partial charge in [0.05, 0.1) is 0 Å². The molecule has 4 heteroatoms. The highest BCUT2D eigenvalue weighted by Gasteiger charge is 2.03. The van der Waals surface area contributed by atoms with Gasteiger partial charge in [-0.15, -0.1) is 0 Å². The van der Waals surface area contributed by atoms with Crippen LogP contribution in [0.3, 0.4) is 0 Å². The van der Waals surface area contributed by atoms with Crippen LogP contribution in [0.25, 0.3) is 0 Å². The summed E-state index contributed by atoms with van der Waals surface area (Å²) in [6.45, 7) is 4.71. The van der Waals surface area contributed by atoms with Crippen molar-refractivity contribution < 1.29 is 9.59 Å². The topological polar surface area (TPSA) is 58.2 Å². The summed E-state index contributed by atoms with van der Waals surface area (Å²) >= 11 is 0. The third kappa shape index (κ3) is 4.99. The molecule has 4 nitrogen and oxygen atoms in total. The van der Waals surface area contributed by atoms with Crippen molar-refractivity contribution in [2.75, 3.05) is 13.1 Å². The Hall–Kier alpha value is -1.84. The van der Waals surface area contributed by atoms with Gasteiger partial charge < -0.3 is 10.6 Å². The second-order valence-corrected chi connectivity index (χ2v) is 4.14. The van der Waals surface area contributed by atoms with E-state index in [2.05, 4.69) is 17.6 Å². The van der Waals surface area contributed by atoms with Crippen molar-refractivity contribution in [2.45, 2.75) is 26.7 Å². The molecule has 0 aliphatic heterocycles. The van der Waals surface area contributed by atoms with Gasteiger partial charge in [-0.25, -0.2) is 0 Å². The third-order valence-corrected chi connectivity index (χ3v) is 2.64. The molecule has 2 N–H and O–H groups in total. The summed E-state index contributed by atoms with van der Waals surface area (Å²) in [7, 11) is 0. The zero-order valence-electron chi connectivity index (χ0n) is 11.0. The van der Waals surface area contributed by atoms with Crippen LogP contribution in [-0.2, 0) is 11.2 Å². The highest BCUT2D eigenvalue weighted by atomic mass is 16.2. The standard InChI is InChI=1S/C14H20N2O2/c1-3-12-5-7-13(8-6-12)14(18)16-10-4-9-15-11(2)17/h5-8H,3-4,9-10H2,1-2H3,(H,15,17)(H,16,18). The first kappa shape index (κ1) is 14.2.